The second-order valence-electron chi connectivity index (χ2n) is 5.90. The van der Waals surface area contributed by atoms with Crippen LogP contribution in [-0.4, -0.2) is 11.7 Å². The molecule has 0 aromatic rings. The monoisotopic (exact) mass is 220 g/mol. The van der Waals surface area contributed by atoms with E-state index in [4.69, 9.17) is 5.11 Å². The summed E-state index contributed by atoms with van der Waals surface area (Å²) in [6.45, 7) is 8.94. The maximum atomic E-state index is 8.96. The van der Waals surface area contributed by atoms with Crippen LogP contribution < -0.4 is 0 Å². The molecular formula is C15H24O. The molecule has 2 fully saturated rings. The summed E-state index contributed by atoms with van der Waals surface area (Å²) < 4.78 is 0. The predicted octanol–water partition coefficient (Wildman–Crippen LogP) is 3.70. The number of aliphatic hydroxyl groups excluding tert-OH is 1. The predicted molar refractivity (Wildman–Crippen MR) is 68.2 cm³/mol. The summed E-state index contributed by atoms with van der Waals surface area (Å²) in [7, 11) is 0. The topological polar surface area (TPSA) is 20.2 Å². The molecule has 0 amide bonds. The van der Waals surface area contributed by atoms with E-state index in [1.54, 1.807) is 0 Å². The maximum Gasteiger partial charge on any atom is 0.0639 e. The van der Waals surface area contributed by atoms with E-state index in [1.807, 2.05) is 6.92 Å². The van der Waals surface area contributed by atoms with Gasteiger partial charge >= 0.3 is 0 Å². The average molecular weight is 220 g/mol. The van der Waals surface area contributed by atoms with Crippen molar-refractivity contribution in [2.24, 2.45) is 17.3 Å². The number of hydrogen-bond donors (Lipinski definition) is 1. The van der Waals surface area contributed by atoms with E-state index >= 15 is 0 Å². The second-order valence-corrected chi connectivity index (χ2v) is 5.90. The molecule has 0 spiro atoms. The molecule has 0 heterocycles. The molecule has 0 aliphatic heterocycles. The van der Waals surface area contributed by atoms with E-state index in [2.05, 4.69) is 19.6 Å². The highest BCUT2D eigenvalue weighted by Crippen LogP contribution is 2.60. The van der Waals surface area contributed by atoms with Gasteiger partial charge < -0.3 is 5.11 Å². The van der Waals surface area contributed by atoms with Crippen molar-refractivity contribution in [3.05, 3.63) is 23.8 Å². The molecule has 0 saturated heterocycles. The molecule has 0 aromatic heterocycles. The highest BCUT2D eigenvalue weighted by Gasteiger charge is 2.49. The summed E-state index contributed by atoms with van der Waals surface area (Å²) in [5, 5.41) is 8.96. The van der Waals surface area contributed by atoms with Gasteiger partial charge in [0.1, 0.15) is 0 Å². The van der Waals surface area contributed by atoms with Crippen LogP contribution in [0.1, 0.15) is 46.0 Å². The van der Waals surface area contributed by atoms with Crippen molar-refractivity contribution in [2.45, 2.75) is 46.0 Å². The fraction of sp³-hybridized carbons (Fsp3) is 0.733. The van der Waals surface area contributed by atoms with Crippen molar-refractivity contribution in [1.29, 1.82) is 0 Å². The number of fused-ring (bicyclic) bond motifs is 2. The van der Waals surface area contributed by atoms with Crippen molar-refractivity contribution < 1.29 is 5.11 Å². The second kappa shape index (κ2) is 4.37. The lowest BCUT2D eigenvalue weighted by Crippen LogP contribution is -2.26. The quantitative estimate of drug-likeness (QED) is 0.716. The van der Waals surface area contributed by atoms with Crippen LogP contribution >= 0.6 is 0 Å². The van der Waals surface area contributed by atoms with Crippen LogP contribution in [0.4, 0.5) is 0 Å². The molecule has 2 rings (SSSR count). The van der Waals surface area contributed by atoms with Gasteiger partial charge in [-0.25, -0.2) is 0 Å². The molecule has 2 saturated carbocycles. The Balaban J connectivity index is 1.96. The van der Waals surface area contributed by atoms with E-state index in [0.717, 1.165) is 23.8 Å². The van der Waals surface area contributed by atoms with Crippen LogP contribution in [0.2, 0.25) is 0 Å². The van der Waals surface area contributed by atoms with Gasteiger partial charge in [-0.15, -0.1) is 0 Å². The average Bonchev–Trinajstić information content (AvgIpc) is 2.83. The number of allylic oxidation sites excluding steroid dienone is 2. The zero-order valence-corrected chi connectivity index (χ0v) is 10.6. The zero-order chi connectivity index (χ0) is 11.8. The first-order chi connectivity index (χ1) is 7.58. The van der Waals surface area contributed by atoms with E-state index < -0.39 is 0 Å². The molecule has 2 aliphatic carbocycles. The Hall–Kier alpha value is -0.560. The molecule has 90 valence electrons. The summed E-state index contributed by atoms with van der Waals surface area (Å²) >= 11 is 0. The summed E-state index contributed by atoms with van der Waals surface area (Å²) in [6.07, 6.45) is 8.66. The lowest BCUT2D eigenvalue weighted by atomic mass is 9.69. The van der Waals surface area contributed by atoms with Gasteiger partial charge in [-0.05, 0) is 56.3 Å². The Morgan fingerprint density at radius 3 is 2.88 bits per heavy atom. The van der Waals surface area contributed by atoms with Gasteiger partial charge in [0.15, 0.2) is 0 Å². The fourth-order valence-electron chi connectivity index (χ4n) is 3.65. The standard InChI is InChI=1S/C15H24O/c1-11(10-16)5-4-8-15(3)12(2)13-6-7-14(15)9-13/h5,13-14,16H,2,4,6-10H2,1,3H3/b11-5-/t13?,14?,15-/m1/s1. The maximum absolute atomic E-state index is 8.96. The van der Waals surface area contributed by atoms with Gasteiger partial charge in [0.25, 0.3) is 0 Å². The molecule has 0 radical (unpaired) electrons. The molecule has 1 nitrogen and oxygen atoms in total. The van der Waals surface area contributed by atoms with E-state index in [-0.39, 0.29) is 6.61 Å². The normalized spacial score (nSPS) is 38.4. The molecule has 2 bridgehead atoms. The Kier molecular flexibility index (Phi) is 3.25. The zero-order valence-electron chi connectivity index (χ0n) is 10.6. The summed E-state index contributed by atoms with van der Waals surface area (Å²) in [4.78, 5) is 0. The Bertz CT molecular complexity index is 315. The number of aliphatic hydroxyl groups is 1. The van der Waals surface area contributed by atoms with Gasteiger partial charge in [0, 0.05) is 0 Å². The largest absolute Gasteiger partial charge is 0.392 e. The first kappa shape index (κ1) is 11.9. The first-order valence-corrected chi connectivity index (χ1v) is 6.53. The van der Waals surface area contributed by atoms with Crippen LogP contribution in [0, 0.1) is 17.3 Å². The minimum atomic E-state index is 0.198. The van der Waals surface area contributed by atoms with Crippen molar-refractivity contribution in [3.63, 3.8) is 0 Å². The molecular weight excluding hydrogens is 196 g/mol. The van der Waals surface area contributed by atoms with Gasteiger partial charge in [-0.3, -0.25) is 0 Å². The fourth-order valence-corrected chi connectivity index (χ4v) is 3.65. The van der Waals surface area contributed by atoms with E-state index in [9.17, 15) is 0 Å². The molecule has 0 aromatic carbocycles. The first-order valence-electron chi connectivity index (χ1n) is 6.53. The Morgan fingerprint density at radius 1 is 1.56 bits per heavy atom. The van der Waals surface area contributed by atoms with Crippen LogP contribution in [0.3, 0.4) is 0 Å². The molecule has 1 N–H and O–H groups in total. The third kappa shape index (κ3) is 1.86. The lowest BCUT2D eigenvalue weighted by molar-refractivity contribution is 0.240. The van der Waals surface area contributed by atoms with Crippen LogP contribution in [0.25, 0.3) is 0 Å². The minimum Gasteiger partial charge on any atom is -0.392 e. The lowest BCUT2D eigenvalue weighted by Gasteiger charge is -2.36. The van der Waals surface area contributed by atoms with Gasteiger partial charge in [0.2, 0.25) is 0 Å². The SMILES string of the molecule is C=C1C2CCC(C2)[C@]1(C)CC/C=C(/C)CO. The number of rotatable bonds is 4. The van der Waals surface area contributed by atoms with Crippen molar-refractivity contribution in [2.75, 3.05) is 6.61 Å². The molecule has 3 atom stereocenters. The summed E-state index contributed by atoms with van der Waals surface area (Å²) in [5.41, 5.74) is 2.99. The number of hydrogen-bond acceptors (Lipinski definition) is 1. The summed E-state index contributed by atoms with van der Waals surface area (Å²) in [6, 6.07) is 0. The molecule has 1 heteroatoms. The third-order valence-electron chi connectivity index (χ3n) is 4.97. The minimum absolute atomic E-state index is 0.198. The van der Waals surface area contributed by atoms with Crippen LogP contribution in [0.5, 0.6) is 0 Å². The molecule has 2 aliphatic rings. The van der Waals surface area contributed by atoms with E-state index in [1.165, 1.54) is 31.3 Å². The highest BCUT2D eigenvalue weighted by atomic mass is 16.3. The molecule has 16 heavy (non-hydrogen) atoms. The van der Waals surface area contributed by atoms with Crippen molar-refractivity contribution in [3.8, 4) is 0 Å². The Morgan fingerprint density at radius 2 is 2.31 bits per heavy atom. The van der Waals surface area contributed by atoms with Crippen LogP contribution in [0.15, 0.2) is 23.8 Å². The smallest absolute Gasteiger partial charge is 0.0639 e. The molecule has 2 unspecified atom stereocenters. The van der Waals surface area contributed by atoms with E-state index in [0.29, 0.717) is 5.41 Å². The van der Waals surface area contributed by atoms with Crippen LogP contribution in [-0.2, 0) is 0 Å². The summed E-state index contributed by atoms with van der Waals surface area (Å²) in [5.74, 6) is 1.70. The van der Waals surface area contributed by atoms with Gasteiger partial charge in [-0.1, -0.05) is 30.7 Å². The van der Waals surface area contributed by atoms with Crippen molar-refractivity contribution >= 4 is 0 Å². The van der Waals surface area contributed by atoms with Crippen molar-refractivity contribution in [1.82, 2.24) is 0 Å². The Labute approximate surface area is 99.3 Å². The van der Waals surface area contributed by atoms with Gasteiger partial charge in [0.05, 0.1) is 6.61 Å². The van der Waals surface area contributed by atoms with Gasteiger partial charge in [-0.2, -0.15) is 0 Å². The highest BCUT2D eigenvalue weighted by molar-refractivity contribution is 5.24. The third-order valence-corrected chi connectivity index (χ3v) is 4.97.